The van der Waals surface area contributed by atoms with Crippen LogP contribution in [0.3, 0.4) is 0 Å². The Labute approximate surface area is 94.5 Å². The van der Waals surface area contributed by atoms with Gasteiger partial charge in [-0.15, -0.1) is 0 Å². The average molecular weight is 229 g/mol. The molecule has 5 nitrogen and oxygen atoms in total. The van der Waals surface area contributed by atoms with Crippen molar-refractivity contribution in [2.45, 2.75) is 0 Å². The van der Waals surface area contributed by atoms with Crippen LogP contribution in [0.1, 0.15) is 10.4 Å². The number of fused-ring (bicyclic) bond motifs is 3. The highest BCUT2D eigenvalue weighted by molar-refractivity contribution is 5.90. The number of carboxylic acid groups (broad SMARTS) is 1. The molecule has 3 aromatic rings. The minimum atomic E-state index is -1.07. The largest absolute Gasteiger partial charge is 0.478 e. The Morgan fingerprint density at radius 3 is 2.76 bits per heavy atom. The topological polar surface area (TPSA) is 71.9 Å². The molecule has 17 heavy (non-hydrogen) atoms. The van der Waals surface area contributed by atoms with Gasteiger partial charge in [-0.05, 0) is 18.2 Å². The number of carboxylic acids is 1. The fraction of sp³-hybridized carbons (Fsp3) is 0. The molecule has 5 heteroatoms. The number of para-hydroxylation sites is 2. The zero-order valence-electron chi connectivity index (χ0n) is 8.58. The molecule has 0 fully saturated rings. The third-order valence-electron chi connectivity index (χ3n) is 2.60. The molecule has 0 amide bonds. The van der Waals surface area contributed by atoms with E-state index in [2.05, 4.69) is 0 Å². The first-order valence-electron chi connectivity index (χ1n) is 4.94. The Hall–Kier alpha value is -2.56. The summed E-state index contributed by atoms with van der Waals surface area (Å²) in [7, 11) is 0. The molecule has 0 aliphatic heterocycles. The van der Waals surface area contributed by atoms with Gasteiger partial charge in [-0.2, -0.15) is 0 Å². The number of aromatic carboxylic acids is 1. The van der Waals surface area contributed by atoms with Crippen LogP contribution in [0.2, 0.25) is 0 Å². The summed E-state index contributed by atoms with van der Waals surface area (Å²) in [5.74, 6) is -1.07. The normalized spacial score (nSPS) is 11.1. The van der Waals surface area contributed by atoms with Crippen molar-refractivity contribution >= 4 is 22.6 Å². The van der Waals surface area contributed by atoms with Crippen LogP contribution in [0.15, 0.2) is 45.7 Å². The van der Waals surface area contributed by atoms with Crippen LogP contribution in [0.25, 0.3) is 16.6 Å². The zero-order valence-corrected chi connectivity index (χ0v) is 8.58. The van der Waals surface area contributed by atoms with E-state index in [0.29, 0.717) is 11.1 Å². The van der Waals surface area contributed by atoms with E-state index < -0.39 is 11.6 Å². The first kappa shape index (κ1) is 9.65. The van der Waals surface area contributed by atoms with Gasteiger partial charge < -0.3 is 13.9 Å². The first-order chi connectivity index (χ1) is 8.16. The summed E-state index contributed by atoms with van der Waals surface area (Å²) in [5, 5.41) is 8.90. The summed E-state index contributed by atoms with van der Waals surface area (Å²) in [6, 6.07) is 8.27. The number of nitrogens with zero attached hydrogens (tertiary/aromatic N) is 1. The van der Waals surface area contributed by atoms with Gasteiger partial charge >= 0.3 is 11.6 Å². The van der Waals surface area contributed by atoms with E-state index >= 15 is 0 Å². The Balaban J connectivity index is 2.56. The van der Waals surface area contributed by atoms with E-state index in [9.17, 15) is 9.59 Å². The lowest BCUT2D eigenvalue weighted by Crippen LogP contribution is -2.03. The molecule has 0 radical (unpaired) electrons. The zero-order chi connectivity index (χ0) is 12.0. The van der Waals surface area contributed by atoms with E-state index in [4.69, 9.17) is 9.52 Å². The van der Waals surface area contributed by atoms with Gasteiger partial charge in [-0.1, -0.05) is 12.1 Å². The van der Waals surface area contributed by atoms with Crippen molar-refractivity contribution in [2.75, 3.05) is 0 Å². The molecular weight excluding hydrogens is 222 g/mol. The summed E-state index contributed by atoms with van der Waals surface area (Å²) in [6.45, 7) is 0. The maximum Gasteiger partial charge on any atom is 0.360 e. The second-order valence-electron chi connectivity index (χ2n) is 3.65. The van der Waals surface area contributed by atoms with Crippen molar-refractivity contribution < 1.29 is 14.3 Å². The van der Waals surface area contributed by atoms with Gasteiger partial charge in [0.15, 0.2) is 5.58 Å². The lowest BCUT2D eigenvalue weighted by Gasteiger charge is -1.99. The molecule has 1 aromatic carbocycles. The third-order valence-corrected chi connectivity index (χ3v) is 2.60. The minimum absolute atomic E-state index is 0.0636. The molecule has 0 aliphatic rings. The first-order valence-corrected chi connectivity index (χ1v) is 4.94. The quantitative estimate of drug-likeness (QED) is 0.689. The second kappa shape index (κ2) is 3.21. The lowest BCUT2D eigenvalue weighted by molar-refractivity contribution is 0.0697. The van der Waals surface area contributed by atoms with E-state index in [1.807, 2.05) is 0 Å². The fourth-order valence-electron chi connectivity index (χ4n) is 1.83. The predicted octanol–water partition coefficient (Wildman–Crippen LogP) is 1.74. The smallest absolute Gasteiger partial charge is 0.360 e. The molecule has 0 saturated carbocycles. The molecular formula is C12H7NO4. The van der Waals surface area contributed by atoms with Gasteiger partial charge in [0.2, 0.25) is 0 Å². The van der Waals surface area contributed by atoms with Gasteiger partial charge in [0.25, 0.3) is 0 Å². The van der Waals surface area contributed by atoms with Gasteiger partial charge in [0, 0.05) is 6.20 Å². The Kier molecular flexibility index (Phi) is 1.82. The summed E-state index contributed by atoms with van der Waals surface area (Å²) in [4.78, 5) is 22.5. The van der Waals surface area contributed by atoms with Crippen molar-refractivity contribution in [1.29, 1.82) is 0 Å². The molecule has 0 atom stereocenters. The van der Waals surface area contributed by atoms with Gasteiger partial charge in [-0.25, -0.2) is 9.59 Å². The minimum Gasteiger partial charge on any atom is -0.478 e. The molecule has 0 saturated heterocycles. The van der Waals surface area contributed by atoms with Crippen LogP contribution in [-0.4, -0.2) is 15.5 Å². The summed E-state index contributed by atoms with van der Waals surface area (Å²) < 4.78 is 6.63. The number of hydrogen-bond acceptors (Lipinski definition) is 3. The maximum absolute atomic E-state index is 11.6. The van der Waals surface area contributed by atoms with Crippen LogP contribution in [0.5, 0.6) is 0 Å². The number of benzene rings is 1. The number of hydrogen-bond donors (Lipinski definition) is 1. The van der Waals surface area contributed by atoms with Crippen LogP contribution in [0, 0.1) is 0 Å². The molecule has 84 valence electrons. The predicted molar refractivity (Wildman–Crippen MR) is 60.4 cm³/mol. The van der Waals surface area contributed by atoms with Crippen molar-refractivity contribution in [2.24, 2.45) is 0 Å². The molecule has 0 aliphatic carbocycles. The summed E-state index contributed by atoms with van der Waals surface area (Å²) in [5.41, 5.74) is 0.832. The summed E-state index contributed by atoms with van der Waals surface area (Å²) in [6.07, 6.45) is 1.41. The average Bonchev–Trinajstić information content (AvgIpc) is 2.75. The number of rotatable bonds is 1. The van der Waals surface area contributed by atoms with Gasteiger partial charge in [0.05, 0.1) is 11.1 Å². The van der Waals surface area contributed by atoms with Crippen molar-refractivity contribution in [3.8, 4) is 0 Å². The highest BCUT2D eigenvalue weighted by Gasteiger charge is 2.12. The Morgan fingerprint density at radius 1 is 1.24 bits per heavy atom. The van der Waals surface area contributed by atoms with E-state index in [1.165, 1.54) is 16.7 Å². The fourth-order valence-corrected chi connectivity index (χ4v) is 1.83. The molecule has 0 spiro atoms. The van der Waals surface area contributed by atoms with Gasteiger partial charge in [0.1, 0.15) is 5.52 Å². The number of aromatic nitrogens is 1. The van der Waals surface area contributed by atoms with Crippen LogP contribution >= 0.6 is 0 Å². The van der Waals surface area contributed by atoms with E-state index in [1.54, 1.807) is 24.3 Å². The van der Waals surface area contributed by atoms with Crippen LogP contribution in [0.4, 0.5) is 0 Å². The van der Waals surface area contributed by atoms with Crippen LogP contribution in [-0.2, 0) is 0 Å². The van der Waals surface area contributed by atoms with Gasteiger partial charge in [-0.3, -0.25) is 0 Å². The Morgan fingerprint density at radius 2 is 2.00 bits per heavy atom. The third kappa shape index (κ3) is 1.32. The standard InChI is InChI=1S/C12H7NO4/c14-11(15)7-5-9-12(16)17-10-4-2-1-3-8(10)13(9)6-7/h1-6H,(H,14,15). The molecule has 0 unspecified atom stereocenters. The summed E-state index contributed by atoms with van der Waals surface area (Å²) >= 11 is 0. The van der Waals surface area contributed by atoms with Crippen molar-refractivity contribution in [3.05, 3.63) is 52.5 Å². The van der Waals surface area contributed by atoms with E-state index in [-0.39, 0.29) is 11.1 Å². The monoisotopic (exact) mass is 229 g/mol. The molecule has 2 aromatic heterocycles. The molecule has 2 heterocycles. The SMILES string of the molecule is O=C(O)c1cc2c(=O)oc3ccccc3n2c1. The highest BCUT2D eigenvalue weighted by atomic mass is 16.4. The molecule has 1 N–H and O–H groups in total. The second-order valence-corrected chi connectivity index (χ2v) is 3.65. The maximum atomic E-state index is 11.6. The van der Waals surface area contributed by atoms with Crippen LogP contribution < -0.4 is 5.63 Å². The highest BCUT2D eigenvalue weighted by Crippen LogP contribution is 2.16. The molecule has 0 bridgehead atoms. The van der Waals surface area contributed by atoms with Crippen molar-refractivity contribution in [1.82, 2.24) is 4.40 Å². The lowest BCUT2D eigenvalue weighted by atomic mass is 10.3. The number of carbonyl (C=O) groups is 1. The van der Waals surface area contributed by atoms with Crippen molar-refractivity contribution in [3.63, 3.8) is 0 Å². The molecule has 3 rings (SSSR count). The van der Waals surface area contributed by atoms with E-state index in [0.717, 1.165) is 0 Å². The Bertz CT molecular complexity index is 797.